The monoisotopic (exact) mass is 333 g/mol. The summed E-state index contributed by atoms with van der Waals surface area (Å²) in [4.78, 5) is 14.7. The Bertz CT molecular complexity index is 898. The van der Waals surface area contributed by atoms with Crippen molar-refractivity contribution in [2.45, 2.75) is 25.3 Å². The number of nitrogens with one attached hydrogen (secondary N) is 1. The van der Waals surface area contributed by atoms with E-state index in [4.69, 9.17) is 0 Å². The van der Waals surface area contributed by atoms with Gasteiger partial charge in [-0.25, -0.2) is 4.68 Å². The van der Waals surface area contributed by atoms with Gasteiger partial charge < -0.3 is 0 Å². The number of rotatable bonds is 4. The SMILES string of the molecule is CC1(c2ccccc2)CCN(Cc2cc(=O)n(-c3ccccc3)[nH]2)C1. The number of benzene rings is 2. The van der Waals surface area contributed by atoms with Gasteiger partial charge in [-0.15, -0.1) is 0 Å². The summed E-state index contributed by atoms with van der Waals surface area (Å²) in [6.45, 7) is 5.16. The van der Waals surface area contributed by atoms with Crippen LogP contribution in [0.25, 0.3) is 5.69 Å². The number of hydrogen-bond donors (Lipinski definition) is 1. The Morgan fingerprint density at radius 1 is 1.04 bits per heavy atom. The lowest BCUT2D eigenvalue weighted by atomic mass is 9.82. The van der Waals surface area contributed by atoms with Gasteiger partial charge in [0.1, 0.15) is 0 Å². The second-order valence-corrected chi connectivity index (χ2v) is 7.18. The van der Waals surface area contributed by atoms with Crippen molar-refractivity contribution in [3.63, 3.8) is 0 Å². The minimum atomic E-state index is -0.00813. The van der Waals surface area contributed by atoms with Crippen LogP contribution in [0.1, 0.15) is 24.6 Å². The van der Waals surface area contributed by atoms with E-state index in [1.807, 2.05) is 30.3 Å². The average Bonchev–Trinajstić information content (AvgIpc) is 3.20. The fourth-order valence-corrected chi connectivity index (χ4v) is 3.80. The molecule has 0 aliphatic carbocycles. The predicted molar refractivity (Wildman–Crippen MR) is 100 cm³/mol. The van der Waals surface area contributed by atoms with Gasteiger partial charge in [-0.05, 0) is 30.7 Å². The molecule has 4 rings (SSSR count). The van der Waals surface area contributed by atoms with Gasteiger partial charge >= 0.3 is 0 Å². The third-order valence-electron chi connectivity index (χ3n) is 5.20. The van der Waals surface area contributed by atoms with Gasteiger partial charge in [0.05, 0.1) is 11.4 Å². The van der Waals surface area contributed by atoms with Crippen molar-refractivity contribution >= 4 is 0 Å². The Balaban J connectivity index is 1.50. The molecule has 1 aliphatic heterocycles. The van der Waals surface area contributed by atoms with Crippen LogP contribution >= 0.6 is 0 Å². The quantitative estimate of drug-likeness (QED) is 0.796. The molecule has 0 bridgehead atoms. The van der Waals surface area contributed by atoms with Gasteiger partial charge in [0.25, 0.3) is 5.56 Å². The average molecular weight is 333 g/mol. The molecule has 1 aromatic heterocycles. The summed E-state index contributed by atoms with van der Waals surface area (Å²) in [6, 6.07) is 22.1. The number of aromatic amines is 1. The molecule has 3 aromatic rings. The summed E-state index contributed by atoms with van der Waals surface area (Å²) < 4.78 is 1.61. The molecular weight excluding hydrogens is 310 g/mol. The number of nitrogens with zero attached hydrogens (tertiary/aromatic N) is 2. The summed E-state index contributed by atoms with van der Waals surface area (Å²) in [6.07, 6.45) is 1.14. The van der Waals surface area contributed by atoms with Crippen molar-refractivity contribution < 1.29 is 0 Å². The van der Waals surface area contributed by atoms with E-state index in [0.29, 0.717) is 0 Å². The molecule has 2 heterocycles. The summed E-state index contributed by atoms with van der Waals surface area (Å²) in [7, 11) is 0. The third kappa shape index (κ3) is 3.17. The van der Waals surface area contributed by atoms with E-state index < -0.39 is 0 Å². The zero-order valence-electron chi connectivity index (χ0n) is 14.5. The number of hydrogen-bond acceptors (Lipinski definition) is 2. The van der Waals surface area contributed by atoms with Crippen molar-refractivity contribution in [3.05, 3.63) is 88.3 Å². The summed E-state index contributed by atoms with van der Waals surface area (Å²) in [5.74, 6) is 0. The lowest BCUT2D eigenvalue weighted by Gasteiger charge is -2.25. The molecular formula is C21H23N3O. The molecule has 1 aliphatic rings. The highest BCUT2D eigenvalue weighted by atomic mass is 16.1. The molecule has 4 heteroatoms. The van der Waals surface area contributed by atoms with Crippen LogP contribution in [0.4, 0.5) is 0 Å². The topological polar surface area (TPSA) is 41.0 Å². The van der Waals surface area contributed by atoms with Crippen LogP contribution < -0.4 is 5.56 Å². The first-order valence-corrected chi connectivity index (χ1v) is 8.78. The molecule has 4 nitrogen and oxygen atoms in total. The van der Waals surface area contributed by atoms with E-state index >= 15 is 0 Å². The zero-order valence-corrected chi connectivity index (χ0v) is 14.5. The maximum Gasteiger partial charge on any atom is 0.271 e. The maximum atomic E-state index is 12.3. The van der Waals surface area contributed by atoms with Crippen LogP contribution in [0, 0.1) is 0 Å². The second kappa shape index (κ2) is 6.37. The van der Waals surface area contributed by atoms with E-state index in [2.05, 4.69) is 47.3 Å². The van der Waals surface area contributed by atoms with Crippen molar-refractivity contribution in [1.82, 2.24) is 14.7 Å². The predicted octanol–water partition coefficient (Wildman–Crippen LogP) is 3.33. The first-order chi connectivity index (χ1) is 12.1. The van der Waals surface area contributed by atoms with Crippen LogP contribution in [-0.4, -0.2) is 27.8 Å². The highest BCUT2D eigenvalue weighted by Gasteiger charge is 2.35. The smallest absolute Gasteiger partial charge is 0.271 e. The Hall–Kier alpha value is -2.59. The van der Waals surface area contributed by atoms with Crippen LogP contribution in [0.15, 0.2) is 71.5 Å². The molecule has 1 N–H and O–H groups in total. The molecule has 0 radical (unpaired) electrons. The van der Waals surface area contributed by atoms with E-state index in [-0.39, 0.29) is 11.0 Å². The van der Waals surface area contributed by atoms with Gasteiger partial charge in [-0.3, -0.25) is 14.8 Å². The molecule has 25 heavy (non-hydrogen) atoms. The van der Waals surface area contributed by atoms with Crippen LogP contribution in [0.2, 0.25) is 0 Å². The fraction of sp³-hybridized carbons (Fsp3) is 0.286. The number of H-pyrrole nitrogens is 1. The Labute approximate surface area is 147 Å². The summed E-state index contributed by atoms with van der Waals surface area (Å²) in [5.41, 5.74) is 3.41. The zero-order chi connectivity index (χ0) is 17.3. The van der Waals surface area contributed by atoms with E-state index in [9.17, 15) is 4.79 Å². The number of para-hydroxylation sites is 1. The standard InChI is InChI=1S/C21H23N3O/c1-21(17-8-4-2-5-9-17)12-13-23(16-21)15-18-14-20(25)24(22-18)19-10-6-3-7-11-19/h2-11,14,22H,12-13,15-16H2,1H3. The van der Waals surface area contributed by atoms with E-state index in [0.717, 1.165) is 37.4 Å². The van der Waals surface area contributed by atoms with Crippen molar-refractivity contribution in [2.75, 3.05) is 13.1 Å². The normalized spacial score (nSPS) is 20.8. The highest BCUT2D eigenvalue weighted by Crippen LogP contribution is 2.34. The maximum absolute atomic E-state index is 12.3. The summed E-state index contributed by atoms with van der Waals surface area (Å²) >= 11 is 0. The molecule has 128 valence electrons. The number of likely N-dealkylation sites (tertiary alicyclic amines) is 1. The lowest BCUT2D eigenvalue weighted by molar-refractivity contribution is 0.305. The van der Waals surface area contributed by atoms with E-state index in [1.54, 1.807) is 10.7 Å². The van der Waals surface area contributed by atoms with Gasteiger partial charge in [0.2, 0.25) is 0 Å². The fourth-order valence-electron chi connectivity index (χ4n) is 3.80. The van der Waals surface area contributed by atoms with Gasteiger partial charge in [-0.2, -0.15) is 0 Å². The molecule has 1 unspecified atom stereocenters. The largest absolute Gasteiger partial charge is 0.297 e. The highest BCUT2D eigenvalue weighted by molar-refractivity contribution is 5.30. The third-order valence-corrected chi connectivity index (χ3v) is 5.20. The Morgan fingerprint density at radius 3 is 2.44 bits per heavy atom. The van der Waals surface area contributed by atoms with Crippen LogP contribution in [0.5, 0.6) is 0 Å². The molecule has 0 amide bonds. The molecule has 1 saturated heterocycles. The Morgan fingerprint density at radius 2 is 1.72 bits per heavy atom. The number of aromatic nitrogens is 2. The minimum Gasteiger partial charge on any atom is -0.297 e. The van der Waals surface area contributed by atoms with Gasteiger partial charge in [0.15, 0.2) is 0 Å². The molecule has 0 spiro atoms. The van der Waals surface area contributed by atoms with Crippen molar-refractivity contribution in [3.8, 4) is 5.69 Å². The molecule has 2 aromatic carbocycles. The molecule has 0 saturated carbocycles. The summed E-state index contributed by atoms with van der Waals surface area (Å²) in [5, 5.41) is 3.25. The van der Waals surface area contributed by atoms with Gasteiger partial charge in [-0.1, -0.05) is 55.5 Å². The van der Waals surface area contributed by atoms with Crippen molar-refractivity contribution in [2.24, 2.45) is 0 Å². The van der Waals surface area contributed by atoms with Gasteiger partial charge in [0, 0.05) is 24.6 Å². The second-order valence-electron chi connectivity index (χ2n) is 7.18. The first kappa shape index (κ1) is 15.9. The van der Waals surface area contributed by atoms with E-state index in [1.165, 1.54) is 5.56 Å². The van der Waals surface area contributed by atoms with Crippen LogP contribution in [0.3, 0.4) is 0 Å². The minimum absolute atomic E-state index is 0.00813. The lowest BCUT2D eigenvalue weighted by Crippen LogP contribution is -2.28. The molecule has 1 fully saturated rings. The van der Waals surface area contributed by atoms with Crippen molar-refractivity contribution in [1.29, 1.82) is 0 Å². The van der Waals surface area contributed by atoms with Crippen LogP contribution in [-0.2, 0) is 12.0 Å². The Kier molecular flexibility index (Phi) is 4.06. The first-order valence-electron chi connectivity index (χ1n) is 8.78. The molecule has 1 atom stereocenters.